The van der Waals surface area contributed by atoms with Gasteiger partial charge in [-0.15, -0.1) is 0 Å². The number of thiocarbonyl (C=S) groups is 1. The van der Waals surface area contributed by atoms with Gasteiger partial charge in [0.05, 0.1) is 13.5 Å². The predicted octanol–water partition coefficient (Wildman–Crippen LogP) is 3.16. The Labute approximate surface area is 199 Å². The molecule has 32 heavy (non-hydrogen) atoms. The summed E-state index contributed by atoms with van der Waals surface area (Å²) in [5, 5.41) is 4.37. The average molecular weight is 461 g/mol. The Morgan fingerprint density at radius 1 is 1.16 bits per heavy atom. The van der Waals surface area contributed by atoms with Gasteiger partial charge in [-0.1, -0.05) is 26.0 Å². The number of piperidine rings is 1. The fourth-order valence-corrected chi connectivity index (χ4v) is 5.22. The maximum atomic E-state index is 12.8. The first-order chi connectivity index (χ1) is 15.5. The molecule has 1 N–H and O–H groups in total. The number of hydrogen-bond donors (Lipinski definition) is 1. The third-order valence-electron chi connectivity index (χ3n) is 7.21. The molecule has 1 amide bonds. The van der Waals surface area contributed by atoms with E-state index in [0.29, 0.717) is 11.8 Å². The van der Waals surface area contributed by atoms with Crippen LogP contribution in [0.3, 0.4) is 0 Å². The summed E-state index contributed by atoms with van der Waals surface area (Å²) in [5.74, 6) is 1.02. The fourth-order valence-electron chi connectivity index (χ4n) is 4.97. The van der Waals surface area contributed by atoms with E-state index in [0.717, 1.165) is 88.0 Å². The number of carbonyl (C=O) groups is 1. The van der Waals surface area contributed by atoms with E-state index < -0.39 is 0 Å². The Morgan fingerprint density at radius 3 is 2.50 bits per heavy atom. The Hall–Kier alpha value is -1.86. The maximum Gasteiger partial charge on any atom is 0.226 e. The number of methoxy groups -OCH3 is 1. The molecule has 7 heteroatoms. The molecule has 1 aromatic rings. The molecule has 178 valence electrons. The summed E-state index contributed by atoms with van der Waals surface area (Å²) in [7, 11) is 1.66. The van der Waals surface area contributed by atoms with Crippen LogP contribution in [0.4, 0.5) is 0 Å². The number of rotatable bonds is 9. The van der Waals surface area contributed by atoms with E-state index in [-0.39, 0.29) is 5.91 Å². The van der Waals surface area contributed by atoms with Crippen molar-refractivity contribution in [2.45, 2.75) is 46.0 Å². The Bertz CT molecular complexity index is 760. The Morgan fingerprint density at radius 2 is 1.84 bits per heavy atom. The van der Waals surface area contributed by atoms with Crippen molar-refractivity contribution in [2.75, 3.05) is 59.5 Å². The standard InChI is InChI=1S/C25H40N4O2S/c1-4-27(5-2)14-7-13-26-24(32)29-17-12-25(20-29)10-15-28(16-11-25)23(30)19-21-8-6-9-22(18-21)31-3/h6,8-9,18H,4-5,7,10-17,19-20H2,1-3H3,(H,26,32). The highest BCUT2D eigenvalue weighted by Crippen LogP contribution is 2.40. The maximum absolute atomic E-state index is 12.8. The first-order valence-electron chi connectivity index (χ1n) is 12.1. The predicted molar refractivity (Wildman–Crippen MR) is 134 cm³/mol. The molecule has 0 aliphatic carbocycles. The lowest BCUT2D eigenvalue weighted by Gasteiger charge is -2.39. The minimum absolute atomic E-state index is 0.216. The normalized spacial score (nSPS) is 17.8. The number of carbonyl (C=O) groups excluding carboxylic acids is 1. The summed E-state index contributed by atoms with van der Waals surface area (Å²) in [4.78, 5) is 19.7. The summed E-state index contributed by atoms with van der Waals surface area (Å²) in [6.45, 7) is 12.4. The molecule has 0 radical (unpaired) electrons. The third-order valence-corrected chi connectivity index (χ3v) is 7.62. The first kappa shape index (κ1) is 24.8. The second-order valence-corrected chi connectivity index (χ2v) is 9.58. The number of likely N-dealkylation sites (tertiary alicyclic amines) is 2. The van der Waals surface area contributed by atoms with E-state index in [1.807, 2.05) is 29.2 Å². The molecular weight excluding hydrogens is 420 g/mol. The van der Waals surface area contributed by atoms with Crippen LogP contribution in [-0.4, -0.2) is 85.2 Å². The highest BCUT2D eigenvalue weighted by atomic mass is 32.1. The largest absolute Gasteiger partial charge is 0.497 e. The van der Waals surface area contributed by atoms with Crippen molar-refractivity contribution in [3.8, 4) is 5.75 Å². The third kappa shape index (κ3) is 6.58. The monoisotopic (exact) mass is 460 g/mol. The first-order valence-corrected chi connectivity index (χ1v) is 12.6. The van der Waals surface area contributed by atoms with E-state index in [4.69, 9.17) is 17.0 Å². The summed E-state index contributed by atoms with van der Waals surface area (Å²) >= 11 is 5.69. The fraction of sp³-hybridized carbons (Fsp3) is 0.680. The quantitative estimate of drug-likeness (QED) is 0.451. The van der Waals surface area contributed by atoms with Crippen LogP contribution in [0.1, 0.15) is 45.1 Å². The van der Waals surface area contributed by atoms with Crippen LogP contribution in [0, 0.1) is 5.41 Å². The Kier molecular flexibility index (Phi) is 9.17. The molecular formula is C25H40N4O2S. The molecule has 0 atom stereocenters. The zero-order valence-corrected chi connectivity index (χ0v) is 20.9. The lowest BCUT2D eigenvalue weighted by molar-refractivity contribution is -0.132. The van der Waals surface area contributed by atoms with E-state index in [1.54, 1.807) is 7.11 Å². The minimum atomic E-state index is 0.216. The van der Waals surface area contributed by atoms with Crippen molar-refractivity contribution in [2.24, 2.45) is 5.41 Å². The summed E-state index contributed by atoms with van der Waals surface area (Å²) < 4.78 is 5.28. The highest BCUT2D eigenvalue weighted by Gasteiger charge is 2.41. The lowest BCUT2D eigenvalue weighted by atomic mass is 9.77. The second-order valence-electron chi connectivity index (χ2n) is 9.19. The molecule has 2 aliphatic heterocycles. The van der Waals surface area contributed by atoms with Gasteiger partial charge in [0.1, 0.15) is 5.75 Å². The van der Waals surface area contributed by atoms with Gasteiger partial charge in [-0.25, -0.2) is 0 Å². The number of nitrogens with zero attached hydrogens (tertiary/aromatic N) is 3. The second kappa shape index (κ2) is 11.8. The molecule has 2 saturated heterocycles. The van der Waals surface area contributed by atoms with Crippen LogP contribution < -0.4 is 10.1 Å². The molecule has 0 unspecified atom stereocenters. The van der Waals surface area contributed by atoms with Crippen LogP contribution in [0.2, 0.25) is 0 Å². The molecule has 0 bridgehead atoms. The smallest absolute Gasteiger partial charge is 0.226 e. The summed E-state index contributed by atoms with van der Waals surface area (Å²) in [5.41, 5.74) is 1.32. The molecule has 6 nitrogen and oxygen atoms in total. The van der Waals surface area contributed by atoms with Gasteiger partial charge in [0.2, 0.25) is 5.91 Å². The van der Waals surface area contributed by atoms with Gasteiger partial charge in [0, 0.05) is 32.7 Å². The molecule has 2 heterocycles. The van der Waals surface area contributed by atoms with Crippen LogP contribution in [0.25, 0.3) is 0 Å². The van der Waals surface area contributed by atoms with Crippen molar-refractivity contribution in [1.29, 1.82) is 0 Å². The number of amides is 1. The van der Waals surface area contributed by atoms with Crippen molar-refractivity contribution in [3.05, 3.63) is 29.8 Å². The van der Waals surface area contributed by atoms with Crippen molar-refractivity contribution < 1.29 is 9.53 Å². The van der Waals surface area contributed by atoms with Crippen LogP contribution in [0.5, 0.6) is 5.75 Å². The summed E-state index contributed by atoms with van der Waals surface area (Å²) in [6, 6.07) is 7.81. The molecule has 0 aromatic heterocycles. The number of ether oxygens (including phenoxy) is 1. The van der Waals surface area contributed by atoms with Gasteiger partial charge >= 0.3 is 0 Å². The lowest BCUT2D eigenvalue weighted by Crippen LogP contribution is -2.46. The van der Waals surface area contributed by atoms with Gasteiger partial charge in [-0.2, -0.15) is 0 Å². The van der Waals surface area contributed by atoms with Crippen LogP contribution in [-0.2, 0) is 11.2 Å². The number of hydrogen-bond acceptors (Lipinski definition) is 4. The minimum Gasteiger partial charge on any atom is -0.497 e. The van der Waals surface area contributed by atoms with Crippen molar-refractivity contribution >= 4 is 23.2 Å². The van der Waals surface area contributed by atoms with E-state index in [1.165, 1.54) is 6.42 Å². The van der Waals surface area contributed by atoms with Crippen LogP contribution in [0.15, 0.2) is 24.3 Å². The number of nitrogens with one attached hydrogen (secondary N) is 1. The summed E-state index contributed by atoms with van der Waals surface area (Å²) in [6.07, 6.45) is 4.87. The molecule has 1 aromatic carbocycles. The zero-order valence-electron chi connectivity index (χ0n) is 20.1. The van der Waals surface area contributed by atoms with E-state index in [2.05, 4.69) is 29.0 Å². The molecule has 3 rings (SSSR count). The van der Waals surface area contributed by atoms with Crippen LogP contribution >= 0.6 is 12.2 Å². The van der Waals surface area contributed by atoms with Gasteiger partial charge in [0.25, 0.3) is 0 Å². The van der Waals surface area contributed by atoms with Crippen molar-refractivity contribution in [1.82, 2.24) is 20.0 Å². The SMILES string of the molecule is CCN(CC)CCCNC(=S)N1CCC2(CCN(C(=O)Cc3cccc(OC)c3)CC2)C1. The van der Waals surface area contributed by atoms with Gasteiger partial charge < -0.3 is 24.8 Å². The molecule has 0 saturated carbocycles. The highest BCUT2D eigenvalue weighted by molar-refractivity contribution is 7.80. The van der Waals surface area contributed by atoms with Crippen molar-refractivity contribution in [3.63, 3.8) is 0 Å². The zero-order chi connectivity index (χ0) is 23.0. The molecule has 2 fully saturated rings. The van der Waals surface area contributed by atoms with E-state index in [9.17, 15) is 4.79 Å². The molecule has 2 aliphatic rings. The number of benzene rings is 1. The average Bonchev–Trinajstić information content (AvgIpc) is 3.23. The van der Waals surface area contributed by atoms with Gasteiger partial charge in [0.15, 0.2) is 5.11 Å². The van der Waals surface area contributed by atoms with Gasteiger partial charge in [-0.3, -0.25) is 4.79 Å². The topological polar surface area (TPSA) is 48.0 Å². The molecule has 1 spiro atoms. The van der Waals surface area contributed by atoms with Gasteiger partial charge in [-0.05, 0) is 80.6 Å². The van der Waals surface area contributed by atoms with E-state index >= 15 is 0 Å². The Balaban J connectivity index is 1.40.